The van der Waals surface area contributed by atoms with E-state index in [1.807, 2.05) is 0 Å². The molecule has 198 valence electrons. The maximum absolute atomic E-state index is 12.8. The van der Waals surface area contributed by atoms with E-state index in [4.69, 9.17) is 0 Å². The highest BCUT2D eigenvalue weighted by Crippen LogP contribution is 2.11. The van der Waals surface area contributed by atoms with E-state index in [0.29, 0.717) is 23.7 Å². The highest BCUT2D eigenvalue weighted by molar-refractivity contribution is 7.91. The van der Waals surface area contributed by atoms with E-state index in [9.17, 15) is 23.1 Å². The summed E-state index contributed by atoms with van der Waals surface area (Å²) in [6.45, 7) is 8.48. The molecule has 0 radical (unpaired) electrons. The quantitative estimate of drug-likeness (QED) is 0.188. The summed E-state index contributed by atoms with van der Waals surface area (Å²) in [6, 6.07) is 0.316. The lowest BCUT2D eigenvalue weighted by molar-refractivity contribution is -0.126. The summed E-state index contributed by atoms with van der Waals surface area (Å²) in [6.07, 6.45) is 14.1. The van der Waals surface area contributed by atoms with Gasteiger partial charge in [0.05, 0.1) is 17.6 Å². The Balaban J connectivity index is 2.58. The Kier molecular flexibility index (Phi) is 14.5. The van der Waals surface area contributed by atoms with Gasteiger partial charge in [-0.05, 0) is 45.6 Å². The van der Waals surface area contributed by atoms with Gasteiger partial charge in [0.2, 0.25) is 5.91 Å². The molecule has 9 heteroatoms. The third kappa shape index (κ3) is 12.3. The van der Waals surface area contributed by atoms with Crippen LogP contribution in [0.5, 0.6) is 0 Å². The first kappa shape index (κ1) is 30.8. The second kappa shape index (κ2) is 16.4. The largest absolute Gasteiger partial charge is 0.390 e. The van der Waals surface area contributed by atoms with E-state index < -0.39 is 15.9 Å². The van der Waals surface area contributed by atoms with Gasteiger partial charge in [0.15, 0.2) is 9.84 Å². The van der Waals surface area contributed by atoms with Crippen molar-refractivity contribution in [2.75, 3.05) is 37.7 Å². The smallest absolute Gasteiger partial charge is 0.253 e. The number of hydrogen-bond acceptors (Lipinski definition) is 6. The Labute approximate surface area is 211 Å². The Morgan fingerprint density at radius 3 is 2.37 bits per heavy atom. The summed E-state index contributed by atoms with van der Waals surface area (Å²) in [5.41, 5.74) is 0.776. The van der Waals surface area contributed by atoms with Gasteiger partial charge < -0.3 is 20.6 Å². The second-order valence-corrected chi connectivity index (χ2v) is 11.1. The maximum atomic E-state index is 12.8. The number of nitrogens with zero attached hydrogens (tertiary/aromatic N) is 1. The van der Waals surface area contributed by atoms with E-state index in [0.717, 1.165) is 25.7 Å². The first-order valence-electron chi connectivity index (χ1n) is 12.5. The molecule has 0 spiro atoms. The molecule has 1 heterocycles. The van der Waals surface area contributed by atoms with Crippen LogP contribution in [0.3, 0.4) is 0 Å². The van der Waals surface area contributed by atoms with Crippen molar-refractivity contribution < 1.29 is 23.1 Å². The highest BCUT2D eigenvalue weighted by atomic mass is 32.2. The number of carbonyl (C=O) groups excluding carboxylic acids is 2. The van der Waals surface area contributed by atoms with E-state index in [1.54, 1.807) is 38.2 Å². The number of nitrogens with one attached hydrogen (secondary N) is 2. The number of aliphatic hydroxyl groups is 1. The number of allylic oxidation sites excluding steroid dienone is 5. The Morgan fingerprint density at radius 2 is 1.77 bits per heavy atom. The van der Waals surface area contributed by atoms with Gasteiger partial charge in [0.1, 0.15) is 0 Å². The van der Waals surface area contributed by atoms with Crippen molar-refractivity contribution in [1.82, 2.24) is 15.5 Å². The summed E-state index contributed by atoms with van der Waals surface area (Å²) < 4.78 is 23.2. The van der Waals surface area contributed by atoms with Crippen LogP contribution in [0.1, 0.15) is 53.4 Å². The lowest BCUT2D eigenvalue weighted by Crippen LogP contribution is -2.44. The molecule has 1 saturated heterocycles. The number of sulfone groups is 1. The molecule has 1 aliphatic heterocycles. The number of hydrogen-bond donors (Lipinski definition) is 3. The molecule has 0 aromatic carbocycles. The minimum atomic E-state index is -3.08. The molecule has 0 aliphatic carbocycles. The van der Waals surface area contributed by atoms with Crippen molar-refractivity contribution in [2.45, 2.75) is 65.5 Å². The van der Waals surface area contributed by atoms with Crippen LogP contribution in [-0.4, -0.2) is 80.1 Å². The van der Waals surface area contributed by atoms with Gasteiger partial charge in [-0.1, -0.05) is 44.2 Å². The van der Waals surface area contributed by atoms with Gasteiger partial charge >= 0.3 is 0 Å². The topological polar surface area (TPSA) is 116 Å². The van der Waals surface area contributed by atoms with Gasteiger partial charge in [-0.25, -0.2) is 8.42 Å². The van der Waals surface area contributed by atoms with E-state index in [1.165, 1.54) is 4.90 Å². The second-order valence-electron chi connectivity index (χ2n) is 8.75. The standard InChI is InChI=1S/C26H43N3O5S/c1-5-8-9-10-12-23(7-3)27-19-24(30)20-28-25(31)21(4)13-14-22(11-6-2)26(32)29-15-17-35(33,34)18-16-29/h6,8-9,11,13-14,23-24,27,30H,5,7,10,12,15-20H2,1-4H3,(H,28,31)/b9-8-,11-6-,21-13+,22-14+. The van der Waals surface area contributed by atoms with Crippen LogP contribution in [0.15, 0.2) is 47.6 Å². The zero-order chi connectivity index (χ0) is 26.3. The SMILES string of the molecule is C\C=C/C(=C\C=C(/C)C(=O)NCC(O)CNC(CC)CC/C=C\CC)C(=O)N1CCS(=O)(=O)CC1. The van der Waals surface area contributed by atoms with Crippen molar-refractivity contribution >= 4 is 21.7 Å². The molecule has 0 saturated carbocycles. The predicted octanol–water partition coefficient (Wildman–Crippen LogP) is 2.28. The normalized spacial score (nSPS) is 18.7. The molecular formula is C26H43N3O5S. The molecule has 35 heavy (non-hydrogen) atoms. The zero-order valence-electron chi connectivity index (χ0n) is 21.6. The first-order chi connectivity index (χ1) is 16.6. The van der Waals surface area contributed by atoms with Gasteiger partial charge in [-0.3, -0.25) is 9.59 Å². The average molecular weight is 510 g/mol. The van der Waals surface area contributed by atoms with Gasteiger partial charge in [0.25, 0.3) is 5.91 Å². The number of carbonyl (C=O) groups is 2. The van der Waals surface area contributed by atoms with Crippen LogP contribution in [0.25, 0.3) is 0 Å². The molecule has 1 fully saturated rings. The monoisotopic (exact) mass is 509 g/mol. The van der Waals surface area contributed by atoms with E-state index in [2.05, 4.69) is 36.6 Å². The van der Waals surface area contributed by atoms with Crippen LogP contribution in [0.2, 0.25) is 0 Å². The van der Waals surface area contributed by atoms with Crippen molar-refractivity contribution in [2.24, 2.45) is 0 Å². The van der Waals surface area contributed by atoms with Crippen molar-refractivity contribution in [1.29, 1.82) is 0 Å². The zero-order valence-corrected chi connectivity index (χ0v) is 22.4. The van der Waals surface area contributed by atoms with E-state index in [-0.39, 0.29) is 43.0 Å². The Morgan fingerprint density at radius 1 is 1.09 bits per heavy atom. The summed E-state index contributed by atoms with van der Waals surface area (Å²) in [5.74, 6) is -0.663. The molecule has 1 aliphatic rings. The van der Waals surface area contributed by atoms with Crippen LogP contribution in [-0.2, 0) is 19.4 Å². The molecule has 0 aromatic heterocycles. The first-order valence-corrected chi connectivity index (χ1v) is 14.3. The molecule has 2 atom stereocenters. The summed E-state index contributed by atoms with van der Waals surface area (Å²) in [7, 11) is -3.08. The highest BCUT2D eigenvalue weighted by Gasteiger charge is 2.26. The third-order valence-corrected chi connectivity index (χ3v) is 7.42. The minimum absolute atomic E-state index is 0.0365. The summed E-state index contributed by atoms with van der Waals surface area (Å²) >= 11 is 0. The van der Waals surface area contributed by atoms with Crippen molar-refractivity contribution in [3.63, 3.8) is 0 Å². The minimum Gasteiger partial charge on any atom is -0.390 e. The summed E-state index contributed by atoms with van der Waals surface area (Å²) in [5, 5.41) is 16.3. The number of amides is 2. The van der Waals surface area contributed by atoms with Gasteiger partial charge in [0, 0.05) is 43.4 Å². The molecule has 3 N–H and O–H groups in total. The van der Waals surface area contributed by atoms with Crippen LogP contribution < -0.4 is 10.6 Å². The molecule has 8 nitrogen and oxygen atoms in total. The fraction of sp³-hybridized carbons (Fsp3) is 0.615. The average Bonchev–Trinajstić information content (AvgIpc) is 2.83. The molecule has 0 bridgehead atoms. The van der Waals surface area contributed by atoms with Crippen LogP contribution >= 0.6 is 0 Å². The summed E-state index contributed by atoms with van der Waals surface area (Å²) in [4.78, 5) is 26.7. The van der Waals surface area contributed by atoms with Crippen LogP contribution in [0.4, 0.5) is 0 Å². The fourth-order valence-electron chi connectivity index (χ4n) is 3.52. The lowest BCUT2D eigenvalue weighted by Gasteiger charge is -2.27. The fourth-order valence-corrected chi connectivity index (χ4v) is 4.72. The Bertz CT molecular complexity index is 892. The van der Waals surface area contributed by atoms with Gasteiger partial charge in [-0.15, -0.1) is 0 Å². The predicted molar refractivity (Wildman–Crippen MR) is 142 cm³/mol. The molecule has 0 aromatic rings. The maximum Gasteiger partial charge on any atom is 0.253 e. The number of aliphatic hydroxyl groups excluding tert-OH is 1. The molecule has 2 amide bonds. The van der Waals surface area contributed by atoms with Crippen LogP contribution in [0, 0.1) is 0 Å². The van der Waals surface area contributed by atoms with Gasteiger partial charge in [-0.2, -0.15) is 0 Å². The third-order valence-electron chi connectivity index (χ3n) is 5.81. The van der Waals surface area contributed by atoms with Crippen molar-refractivity contribution in [3.05, 3.63) is 47.6 Å². The Hall–Kier alpha value is -2.23. The lowest BCUT2D eigenvalue weighted by atomic mass is 10.1. The molecular weight excluding hydrogens is 466 g/mol. The molecule has 2 unspecified atom stereocenters. The van der Waals surface area contributed by atoms with E-state index >= 15 is 0 Å². The van der Waals surface area contributed by atoms with Crippen molar-refractivity contribution in [3.8, 4) is 0 Å². The number of rotatable bonds is 14. The molecule has 1 rings (SSSR count).